The highest BCUT2D eigenvalue weighted by atomic mass is 19.2. The number of nitrogens with one attached hydrogen (secondary N) is 1. The van der Waals surface area contributed by atoms with Crippen molar-refractivity contribution >= 4 is 11.7 Å². The Balaban J connectivity index is 1.88. The first kappa shape index (κ1) is 13.3. The third-order valence-electron chi connectivity index (χ3n) is 4.23. The van der Waals surface area contributed by atoms with Crippen LogP contribution in [0.25, 0.3) is 0 Å². The van der Waals surface area contributed by atoms with Crippen LogP contribution in [-0.4, -0.2) is 36.8 Å². The molecule has 0 spiro atoms. The molecule has 2 aliphatic heterocycles. The molecule has 2 N–H and O–H groups in total. The van der Waals surface area contributed by atoms with E-state index in [1.807, 2.05) is 0 Å². The number of rotatable bonds is 2. The van der Waals surface area contributed by atoms with Gasteiger partial charge in [-0.25, -0.2) is 13.6 Å². The van der Waals surface area contributed by atoms with E-state index in [4.69, 9.17) is 5.11 Å². The normalized spacial score (nSPS) is 25.6. The van der Waals surface area contributed by atoms with E-state index in [-0.39, 0.29) is 5.69 Å². The molecule has 2 saturated heterocycles. The third-order valence-corrected chi connectivity index (χ3v) is 4.23. The zero-order chi connectivity index (χ0) is 14.3. The SMILES string of the molecule is O=C(O)c1ccc(N2CC3CCCNC3C2)c(F)c1F. The Hall–Kier alpha value is -1.69. The number of nitrogens with zero attached hydrogens (tertiary/aromatic N) is 1. The van der Waals surface area contributed by atoms with E-state index in [1.165, 1.54) is 6.07 Å². The lowest BCUT2D eigenvalue weighted by atomic mass is 9.94. The summed E-state index contributed by atoms with van der Waals surface area (Å²) in [7, 11) is 0. The van der Waals surface area contributed by atoms with Crippen molar-refractivity contribution in [2.24, 2.45) is 5.92 Å². The van der Waals surface area contributed by atoms with Gasteiger partial charge in [0.25, 0.3) is 0 Å². The lowest BCUT2D eigenvalue weighted by Crippen LogP contribution is -2.40. The molecule has 0 aliphatic carbocycles. The summed E-state index contributed by atoms with van der Waals surface area (Å²) in [5, 5.41) is 12.2. The maximum atomic E-state index is 14.1. The van der Waals surface area contributed by atoms with Crippen LogP contribution in [0.3, 0.4) is 0 Å². The standard InChI is InChI=1S/C14H16F2N2O2/c15-12-9(14(19)20)3-4-11(13(12)16)18-6-8-2-1-5-17-10(8)7-18/h3-4,8,10,17H,1-2,5-7H2,(H,19,20). The van der Waals surface area contributed by atoms with Crippen LogP contribution in [0.1, 0.15) is 23.2 Å². The van der Waals surface area contributed by atoms with Crippen LogP contribution < -0.4 is 10.2 Å². The zero-order valence-electron chi connectivity index (χ0n) is 10.9. The highest BCUT2D eigenvalue weighted by Crippen LogP contribution is 2.32. The molecule has 4 nitrogen and oxygen atoms in total. The van der Waals surface area contributed by atoms with Gasteiger partial charge in [0.05, 0.1) is 11.3 Å². The van der Waals surface area contributed by atoms with Crippen LogP contribution in [0.15, 0.2) is 12.1 Å². The molecule has 2 fully saturated rings. The summed E-state index contributed by atoms with van der Waals surface area (Å²) in [6, 6.07) is 2.80. The number of halogens is 2. The highest BCUT2D eigenvalue weighted by molar-refractivity contribution is 5.88. The molecule has 0 bridgehead atoms. The molecule has 0 aromatic heterocycles. The lowest BCUT2D eigenvalue weighted by molar-refractivity contribution is 0.0690. The molecule has 0 amide bonds. The van der Waals surface area contributed by atoms with Crippen molar-refractivity contribution in [1.82, 2.24) is 5.32 Å². The summed E-state index contributed by atoms with van der Waals surface area (Å²) in [6.07, 6.45) is 2.19. The van der Waals surface area contributed by atoms with E-state index < -0.39 is 23.2 Å². The summed E-state index contributed by atoms with van der Waals surface area (Å²) in [6.45, 7) is 2.28. The van der Waals surface area contributed by atoms with Gasteiger partial charge in [-0.15, -0.1) is 0 Å². The van der Waals surface area contributed by atoms with Crippen molar-refractivity contribution in [1.29, 1.82) is 0 Å². The van der Waals surface area contributed by atoms with Crippen LogP contribution in [0, 0.1) is 17.6 Å². The summed E-state index contributed by atoms with van der Waals surface area (Å²) < 4.78 is 27.8. The second-order valence-electron chi connectivity index (χ2n) is 5.43. The van der Waals surface area contributed by atoms with Crippen molar-refractivity contribution in [2.75, 3.05) is 24.5 Å². The Morgan fingerprint density at radius 3 is 2.80 bits per heavy atom. The average Bonchev–Trinajstić information content (AvgIpc) is 2.84. The first-order valence-corrected chi connectivity index (χ1v) is 6.77. The number of carbonyl (C=O) groups is 1. The molecule has 2 aliphatic rings. The van der Waals surface area contributed by atoms with E-state index in [0.717, 1.165) is 25.5 Å². The smallest absolute Gasteiger partial charge is 0.338 e. The maximum absolute atomic E-state index is 14.1. The average molecular weight is 282 g/mol. The molecule has 6 heteroatoms. The molecular formula is C14H16F2N2O2. The predicted molar refractivity (Wildman–Crippen MR) is 70.0 cm³/mol. The van der Waals surface area contributed by atoms with E-state index >= 15 is 0 Å². The van der Waals surface area contributed by atoms with Crippen molar-refractivity contribution in [3.05, 3.63) is 29.3 Å². The second-order valence-corrected chi connectivity index (χ2v) is 5.43. The molecule has 0 radical (unpaired) electrons. The fourth-order valence-electron chi connectivity index (χ4n) is 3.19. The van der Waals surface area contributed by atoms with Crippen LogP contribution in [0.5, 0.6) is 0 Å². The largest absolute Gasteiger partial charge is 0.478 e. The lowest BCUT2D eigenvalue weighted by Gasteiger charge is -2.24. The fraction of sp³-hybridized carbons (Fsp3) is 0.500. The van der Waals surface area contributed by atoms with E-state index in [0.29, 0.717) is 25.0 Å². The first-order valence-electron chi connectivity index (χ1n) is 6.77. The molecule has 3 rings (SSSR count). The van der Waals surface area contributed by atoms with Crippen molar-refractivity contribution in [3.8, 4) is 0 Å². The number of benzene rings is 1. The Morgan fingerprint density at radius 2 is 2.10 bits per heavy atom. The number of carboxylic acid groups (broad SMARTS) is 1. The van der Waals surface area contributed by atoms with Gasteiger partial charge in [-0.1, -0.05) is 0 Å². The van der Waals surface area contributed by atoms with E-state index in [1.54, 1.807) is 4.90 Å². The van der Waals surface area contributed by atoms with Gasteiger partial charge in [0, 0.05) is 19.1 Å². The van der Waals surface area contributed by atoms with Crippen LogP contribution >= 0.6 is 0 Å². The van der Waals surface area contributed by atoms with Gasteiger partial charge in [0.2, 0.25) is 0 Å². The zero-order valence-corrected chi connectivity index (χ0v) is 10.9. The van der Waals surface area contributed by atoms with E-state index in [9.17, 15) is 13.6 Å². The summed E-state index contributed by atoms with van der Waals surface area (Å²) in [5.41, 5.74) is -0.468. The highest BCUT2D eigenvalue weighted by Gasteiger charge is 2.35. The Labute approximate surface area is 115 Å². The van der Waals surface area contributed by atoms with Crippen LogP contribution in [0.4, 0.5) is 14.5 Å². The minimum absolute atomic E-state index is 0.156. The summed E-state index contributed by atoms with van der Waals surface area (Å²) in [5.74, 6) is -3.35. The first-order chi connectivity index (χ1) is 9.58. The topological polar surface area (TPSA) is 52.6 Å². The van der Waals surface area contributed by atoms with Gasteiger partial charge in [-0.2, -0.15) is 0 Å². The fourth-order valence-corrected chi connectivity index (χ4v) is 3.19. The second kappa shape index (κ2) is 5.01. The summed E-state index contributed by atoms with van der Waals surface area (Å²) >= 11 is 0. The number of hydrogen-bond donors (Lipinski definition) is 2. The minimum Gasteiger partial charge on any atom is -0.478 e. The number of carboxylic acids is 1. The molecule has 2 atom stereocenters. The molecular weight excluding hydrogens is 266 g/mol. The maximum Gasteiger partial charge on any atom is 0.338 e. The molecule has 108 valence electrons. The van der Waals surface area contributed by atoms with Crippen LogP contribution in [-0.2, 0) is 0 Å². The third kappa shape index (κ3) is 2.14. The Kier molecular flexibility index (Phi) is 3.33. The predicted octanol–water partition coefficient (Wildman–Crippen LogP) is 1.85. The van der Waals surface area contributed by atoms with Gasteiger partial charge >= 0.3 is 5.97 Å². The van der Waals surface area contributed by atoms with Gasteiger partial charge in [-0.3, -0.25) is 0 Å². The minimum atomic E-state index is -1.45. The molecule has 20 heavy (non-hydrogen) atoms. The van der Waals surface area contributed by atoms with E-state index in [2.05, 4.69) is 5.32 Å². The number of fused-ring (bicyclic) bond motifs is 1. The molecule has 1 aromatic carbocycles. The van der Waals surface area contributed by atoms with Crippen molar-refractivity contribution in [3.63, 3.8) is 0 Å². The Bertz CT molecular complexity index is 536. The van der Waals surface area contributed by atoms with Gasteiger partial charge in [0.15, 0.2) is 11.6 Å². The molecule has 2 unspecified atom stereocenters. The van der Waals surface area contributed by atoms with Crippen LogP contribution in [0.2, 0.25) is 0 Å². The van der Waals surface area contributed by atoms with Gasteiger partial charge in [-0.05, 0) is 37.4 Å². The number of hydrogen-bond acceptors (Lipinski definition) is 3. The van der Waals surface area contributed by atoms with Crippen molar-refractivity contribution < 1.29 is 18.7 Å². The quantitative estimate of drug-likeness (QED) is 0.869. The molecule has 0 saturated carbocycles. The van der Waals surface area contributed by atoms with Crippen molar-refractivity contribution in [2.45, 2.75) is 18.9 Å². The van der Waals surface area contributed by atoms with Gasteiger partial charge < -0.3 is 15.3 Å². The molecule has 1 aromatic rings. The number of anilines is 1. The number of aromatic carboxylic acids is 1. The Morgan fingerprint density at radius 1 is 1.30 bits per heavy atom. The molecule has 2 heterocycles. The van der Waals surface area contributed by atoms with Gasteiger partial charge in [0.1, 0.15) is 0 Å². The summed E-state index contributed by atoms with van der Waals surface area (Å²) in [4.78, 5) is 12.6. The monoisotopic (exact) mass is 282 g/mol. The number of piperidine rings is 1.